The van der Waals surface area contributed by atoms with Gasteiger partial charge in [0.1, 0.15) is 31.5 Å². The van der Waals surface area contributed by atoms with E-state index in [0.29, 0.717) is 54.9 Å². The predicted molar refractivity (Wildman–Crippen MR) is 260 cm³/mol. The largest absolute Gasteiger partial charge is 0.486 e. The zero-order valence-corrected chi connectivity index (χ0v) is 42.7. The third kappa shape index (κ3) is 7.23. The van der Waals surface area contributed by atoms with E-state index in [-0.39, 0.29) is 51.5 Å². The Kier molecular flexibility index (Phi) is 11.8. The minimum Gasteiger partial charge on any atom is -0.486 e. The van der Waals surface area contributed by atoms with Gasteiger partial charge >= 0.3 is 0 Å². The van der Waals surface area contributed by atoms with Crippen molar-refractivity contribution in [3.63, 3.8) is 0 Å². The van der Waals surface area contributed by atoms with Gasteiger partial charge in [-0.3, -0.25) is 0 Å². The molecule has 2 heterocycles. The number of hydrogen-bond acceptors (Lipinski definition) is 8. The van der Waals surface area contributed by atoms with Gasteiger partial charge in [0.05, 0.1) is 6.10 Å². The van der Waals surface area contributed by atoms with E-state index < -0.39 is 0 Å². The second kappa shape index (κ2) is 16.6. The van der Waals surface area contributed by atoms with Crippen molar-refractivity contribution in [1.29, 1.82) is 0 Å². The van der Waals surface area contributed by atoms with Crippen LogP contribution in [-0.4, -0.2) is 77.0 Å². The third-order valence-corrected chi connectivity index (χ3v) is 20.2. The van der Waals surface area contributed by atoms with Gasteiger partial charge < -0.3 is 39.1 Å². The molecule has 2 aliphatic heterocycles. The topological polar surface area (TPSA) is 79.4 Å². The van der Waals surface area contributed by atoms with Gasteiger partial charge in [0, 0.05) is 53.7 Å². The lowest BCUT2D eigenvalue weighted by molar-refractivity contribution is -0.180. The van der Waals surface area contributed by atoms with Crippen molar-refractivity contribution in [1.82, 2.24) is 10.6 Å². The number of benzene rings is 2. The number of ether oxygens (including phenoxy) is 6. The second-order valence-corrected chi connectivity index (χ2v) is 25.2. The Hall–Kier alpha value is -2.52. The Morgan fingerprint density at radius 3 is 1.66 bits per heavy atom. The molecule has 0 amide bonds. The van der Waals surface area contributed by atoms with Crippen LogP contribution in [0.3, 0.4) is 0 Å². The molecule has 2 aromatic rings. The highest BCUT2D eigenvalue weighted by molar-refractivity contribution is 5.62. The summed E-state index contributed by atoms with van der Waals surface area (Å²) in [6.45, 7) is 29.6. The first-order chi connectivity index (χ1) is 31.0. The molecule has 14 atom stereocenters. The van der Waals surface area contributed by atoms with Gasteiger partial charge in [0.2, 0.25) is 0 Å². The summed E-state index contributed by atoms with van der Waals surface area (Å²) in [5.74, 6) is 7.42. The number of hydrogen-bond donors (Lipinski definition) is 2. The van der Waals surface area contributed by atoms with Crippen LogP contribution in [0.1, 0.15) is 150 Å². The van der Waals surface area contributed by atoms with E-state index in [2.05, 4.69) is 111 Å². The van der Waals surface area contributed by atoms with E-state index in [9.17, 15) is 0 Å². The normalized spacial score (nSPS) is 37.5. The first kappa shape index (κ1) is 46.2. The van der Waals surface area contributed by atoms with Gasteiger partial charge in [-0.05, 0) is 153 Å². The zero-order valence-electron chi connectivity index (χ0n) is 42.7. The van der Waals surface area contributed by atoms with E-state index in [0.717, 1.165) is 86.4 Å². The van der Waals surface area contributed by atoms with Crippen molar-refractivity contribution < 1.29 is 28.4 Å². The van der Waals surface area contributed by atoms with Crippen LogP contribution in [0, 0.1) is 57.7 Å². The fourth-order valence-corrected chi connectivity index (χ4v) is 15.6. The van der Waals surface area contributed by atoms with Crippen LogP contribution >= 0.6 is 0 Å². The van der Waals surface area contributed by atoms with Gasteiger partial charge in [-0.15, -0.1) is 0 Å². The lowest BCUT2D eigenvalue weighted by atomic mass is 9.45. The Balaban J connectivity index is 0.930. The van der Waals surface area contributed by atoms with Crippen LogP contribution < -0.4 is 29.6 Å². The summed E-state index contributed by atoms with van der Waals surface area (Å²) in [4.78, 5) is 0. The summed E-state index contributed by atoms with van der Waals surface area (Å²) in [5.41, 5.74) is 5.56. The van der Waals surface area contributed by atoms with Crippen molar-refractivity contribution in [2.24, 2.45) is 57.7 Å². The van der Waals surface area contributed by atoms with Crippen LogP contribution in [0.2, 0.25) is 0 Å². The molecule has 6 aliphatic carbocycles. The van der Waals surface area contributed by atoms with E-state index in [1.54, 1.807) is 0 Å². The quantitative estimate of drug-likeness (QED) is 0.152. The van der Waals surface area contributed by atoms with E-state index in [4.69, 9.17) is 28.4 Å². The summed E-state index contributed by atoms with van der Waals surface area (Å²) in [7, 11) is 3.84. The second-order valence-electron chi connectivity index (χ2n) is 25.2. The van der Waals surface area contributed by atoms with Crippen LogP contribution in [0.15, 0.2) is 24.3 Å². The van der Waals surface area contributed by atoms with Gasteiger partial charge in [-0.1, -0.05) is 88.3 Å². The smallest absolute Gasteiger partial charge is 0.165 e. The highest BCUT2D eigenvalue weighted by Crippen LogP contribution is 2.68. The number of nitrogens with one attached hydrogen (secondary N) is 2. The van der Waals surface area contributed by atoms with E-state index in [1.807, 2.05) is 14.2 Å². The van der Waals surface area contributed by atoms with Crippen molar-refractivity contribution in [2.45, 2.75) is 188 Å². The molecule has 8 aliphatic rings. The molecule has 8 nitrogen and oxygen atoms in total. The average molecular weight is 895 g/mol. The predicted octanol–water partition coefficient (Wildman–Crippen LogP) is 10.9. The summed E-state index contributed by atoms with van der Waals surface area (Å²) >= 11 is 0. The molecular formula is C57H86N2O6. The average Bonchev–Trinajstić information content (AvgIpc) is 4.22. The molecule has 4 saturated carbocycles. The number of rotatable bonds is 17. The summed E-state index contributed by atoms with van der Waals surface area (Å²) in [6.07, 6.45) is 11.6. The van der Waals surface area contributed by atoms with Crippen molar-refractivity contribution in [2.75, 3.05) is 40.5 Å². The van der Waals surface area contributed by atoms with Gasteiger partial charge in [-0.25, -0.2) is 0 Å². The monoisotopic (exact) mass is 895 g/mol. The van der Waals surface area contributed by atoms with E-state index >= 15 is 0 Å². The summed E-state index contributed by atoms with van der Waals surface area (Å²) < 4.78 is 41.7. The van der Waals surface area contributed by atoms with Crippen LogP contribution in [-0.2, 0) is 33.1 Å². The Morgan fingerprint density at radius 1 is 0.692 bits per heavy atom. The molecular weight excluding hydrogens is 809 g/mol. The third-order valence-electron chi connectivity index (χ3n) is 20.2. The molecule has 65 heavy (non-hydrogen) atoms. The molecule has 0 radical (unpaired) electrons. The molecule has 2 N–H and O–H groups in total. The first-order valence-corrected chi connectivity index (χ1v) is 26.4. The van der Waals surface area contributed by atoms with Crippen molar-refractivity contribution >= 4 is 0 Å². The van der Waals surface area contributed by atoms with Gasteiger partial charge in [0.25, 0.3) is 0 Å². The highest BCUT2D eigenvalue weighted by atomic mass is 16.6. The van der Waals surface area contributed by atoms with Crippen molar-refractivity contribution in [3.05, 3.63) is 46.5 Å². The zero-order chi connectivity index (χ0) is 46.0. The molecule has 4 fully saturated rings. The fraction of sp³-hybridized carbons (Fsp3) is 0.789. The maximum absolute atomic E-state index is 7.41. The summed E-state index contributed by atoms with van der Waals surface area (Å²) in [5, 5.41) is 8.31. The number of methoxy groups -OCH3 is 2. The molecule has 360 valence electrons. The lowest BCUT2D eigenvalue weighted by Crippen LogP contribution is -2.68. The molecule has 8 heteroatoms. The molecule has 2 aromatic carbocycles. The molecule has 10 rings (SSSR count). The standard InChI is InChI=1S/C57H86N2O6/c1-14-56-39-28-38(32(3)53(5,6)7)47(60-12)50(56)64-48-43(22-20-36(45(48)56)26-41(39)58-30-34-16-17-34)62-24-25-63-44-23-21-37-27-42(59-31-35-18-19-35)40-29-55(11,33(4)54(8,9)10)51(61-13)52-57(40,15-2)46(37)49(44)65-52/h20-23,32-35,38-42,47,50-52,58-59H,14-19,24-31H2,1-13H3/t32-,33+,38?,39?,40?,41-,42-,47-,50+,51+,52+,55-,56+,57?/m1/s1. The van der Waals surface area contributed by atoms with Gasteiger partial charge in [0.15, 0.2) is 23.0 Å². The van der Waals surface area contributed by atoms with E-state index in [1.165, 1.54) is 47.9 Å². The molecule has 0 spiro atoms. The van der Waals surface area contributed by atoms with Crippen molar-refractivity contribution in [3.8, 4) is 23.0 Å². The van der Waals surface area contributed by atoms with Crippen LogP contribution in [0.25, 0.3) is 0 Å². The summed E-state index contributed by atoms with van der Waals surface area (Å²) in [6, 6.07) is 9.88. The fourth-order valence-electron chi connectivity index (χ4n) is 15.6. The molecule has 0 bridgehead atoms. The minimum atomic E-state index is -0.150. The Bertz CT molecular complexity index is 2080. The molecule has 4 unspecified atom stereocenters. The Labute approximate surface area is 393 Å². The van der Waals surface area contributed by atoms with Gasteiger partial charge in [-0.2, -0.15) is 0 Å². The van der Waals surface area contributed by atoms with Crippen LogP contribution in [0.4, 0.5) is 0 Å². The maximum Gasteiger partial charge on any atom is 0.165 e. The Morgan fingerprint density at radius 2 is 1.20 bits per heavy atom. The van der Waals surface area contributed by atoms with Crippen LogP contribution in [0.5, 0.6) is 23.0 Å². The lowest BCUT2D eigenvalue weighted by Gasteiger charge is -2.61. The first-order valence-electron chi connectivity index (χ1n) is 26.4. The minimum absolute atomic E-state index is 0.00200. The highest BCUT2D eigenvalue weighted by Gasteiger charge is 2.70. The SMILES string of the molecule is CCC12c3c4ccc(OCCOc5ccc6c7c5O[C@H]5[C@H](OC)C([C@@H](C)C(C)(C)C)CC([C@H](NCC8CC8)C6)[C@@]75CC)c3O[C@H]1[C@H](OC)[C@@](C)([C@@H](C)C(C)(C)C)CC2[C@H](NCC1CC1)C4. The molecule has 0 saturated heterocycles. The maximum atomic E-state index is 7.41. The molecule has 0 aromatic heterocycles.